The molecule has 0 unspecified atom stereocenters. The molecule has 1 aliphatic rings. The summed E-state index contributed by atoms with van der Waals surface area (Å²) >= 11 is 0. The fourth-order valence-corrected chi connectivity index (χ4v) is 3.13. The van der Waals surface area contributed by atoms with Gasteiger partial charge in [-0.3, -0.25) is 4.99 Å². The van der Waals surface area contributed by atoms with Gasteiger partial charge in [-0.2, -0.15) is 0 Å². The zero-order valence-electron chi connectivity index (χ0n) is 16.4. The highest BCUT2D eigenvalue weighted by Gasteiger charge is 2.16. The van der Waals surface area contributed by atoms with E-state index in [-0.39, 0.29) is 30.1 Å². The van der Waals surface area contributed by atoms with Gasteiger partial charge in [-0.1, -0.05) is 29.8 Å². The van der Waals surface area contributed by atoms with Crippen molar-refractivity contribution in [2.75, 3.05) is 39.8 Å². The Morgan fingerprint density at radius 3 is 2.54 bits per heavy atom. The van der Waals surface area contributed by atoms with E-state index < -0.39 is 0 Å². The topological polar surface area (TPSA) is 51.1 Å². The summed E-state index contributed by atoms with van der Waals surface area (Å²) in [7, 11) is 2.09. The van der Waals surface area contributed by atoms with E-state index in [1.807, 2.05) is 0 Å². The Morgan fingerprint density at radius 2 is 1.92 bits per heavy atom. The minimum Gasteiger partial charge on any atom is -0.393 e. The molecule has 1 saturated heterocycles. The predicted octanol–water partition coefficient (Wildman–Crippen LogP) is 2.86. The normalized spacial score (nSPS) is 16.2. The molecule has 0 aromatic heterocycles. The fourth-order valence-electron chi connectivity index (χ4n) is 3.13. The second-order valence-electron chi connectivity index (χ2n) is 7.00. The highest BCUT2D eigenvalue weighted by Crippen LogP contribution is 2.10. The van der Waals surface area contributed by atoms with Crippen molar-refractivity contribution in [1.82, 2.24) is 15.1 Å². The van der Waals surface area contributed by atoms with Gasteiger partial charge >= 0.3 is 0 Å². The van der Waals surface area contributed by atoms with Gasteiger partial charge in [0.2, 0.25) is 0 Å². The van der Waals surface area contributed by atoms with Gasteiger partial charge < -0.3 is 20.2 Å². The number of piperidine rings is 1. The first kappa shape index (κ1) is 23.2. The molecule has 1 aromatic carbocycles. The fraction of sp³-hybridized carbons (Fsp3) is 0.650. The zero-order valence-corrected chi connectivity index (χ0v) is 18.8. The molecule has 1 aliphatic heterocycles. The quantitative estimate of drug-likeness (QED) is 0.276. The highest BCUT2D eigenvalue weighted by atomic mass is 127. The zero-order chi connectivity index (χ0) is 18.1. The molecule has 26 heavy (non-hydrogen) atoms. The molecule has 2 rings (SSSR count). The lowest BCUT2D eigenvalue weighted by molar-refractivity contribution is 0.0824. The van der Waals surface area contributed by atoms with Crippen molar-refractivity contribution in [1.29, 1.82) is 0 Å². The summed E-state index contributed by atoms with van der Waals surface area (Å²) in [6, 6.07) is 8.67. The van der Waals surface area contributed by atoms with Crippen LogP contribution in [0.3, 0.4) is 0 Å². The molecule has 0 atom stereocenters. The summed E-state index contributed by atoms with van der Waals surface area (Å²) in [5.41, 5.74) is 2.59. The summed E-state index contributed by atoms with van der Waals surface area (Å²) < 4.78 is 0. The van der Waals surface area contributed by atoms with Crippen molar-refractivity contribution in [3.05, 3.63) is 35.4 Å². The second kappa shape index (κ2) is 12.5. The van der Waals surface area contributed by atoms with Crippen LogP contribution in [0.1, 0.15) is 37.3 Å². The van der Waals surface area contributed by atoms with Gasteiger partial charge in [0.25, 0.3) is 0 Å². The van der Waals surface area contributed by atoms with E-state index in [2.05, 4.69) is 60.3 Å². The first-order chi connectivity index (χ1) is 12.1. The molecule has 1 fully saturated rings. The number of aliphatic hydroxyl groups is 1. The molecule has 1 aromatic rings. The van der Waals surface area contributed by atoms with E-state index >= 15 is 0 Å². The van der Waals surface area contributed by atoms with Crippen LogP contribution in [0.25, 0.3) is 0 Å². The van der Waals surface area contributed by atoms with Crippen molar-refractivity contribution in [2.24, 2.45) is 4.99 Å². The molecule has 5 nitrogen and oxygen atoms in total. The molecular formula is C20H35IN4O. The third-order valence-corrected chi connectivity index (χ3v) is 4.69. The third kappa shape index (κ3) is 8.22. The number of hydrogen-bond acceptors (Lipinski definition) is 3. The van der Waals surface area contributed by atoms with Gasteiger partial charge in [0.15, 0.2) is 5.96 Å². The van der Waals surface area contributed by atoms with Crippen LogP contribution in [0.15, 0.2) is 29.3 Å². The number of benzene rings is 1. The van der Waals surface area contributed by atoms with Crippen molar-refractivity contribution < 1.29 is 5.11 Å². The third-order valence-electron chi connectivity index (χ3n) is 4.69. The molecule has 0 amide bonds. The van der Waals surface area contributed by atoms with Crippen molar-refractivity contribution in [2.45, 2.75) is 45.8 Å². The Hall–Kier alpha value is -0.860. The number of rotatable bonds is 7. The highest BCUT2D eigenvalue weighted by molar-refractivity contribution is 14.0. The van der Waals surface area contributed by atoms with Gasteiger partial charge in [-0.25, -0.2) is 0 Å². The van der Waals surface area contributed by atoms with Crippen LogP contribution in [-0.4, -0.2) is 66.7 Å². The van der Waals surface area contributed by atoms with E-state index in [1.165, 1.54) is 11.1 Å². The van der Waals surface area contributed by atoms with E-state index in [4.69, 9.17) is 4.99 Å². The first-order valence-electron chi connectivity index (χ1n) is 9.54. The van der Waals surface area contributed by atoms with E-state index in [1.54, 1.807) is 0 Å². The molecule has 1 heterocycles. The van der Waals surface area contributed by atoms with E-state index in [9.17, 15) is 5.11 Å². The average molecular weight is 474 g/mol. The van der Waals surface area contributed by atoms with Gasteiger partial charge in [-0.15, -0.1) is 24.0 Å². The lowest BCUT2D eigenvalue weighted by Gasteiger charge is -2.29. The predicted molar refractivity (Wildman–Crippen MR) is 120 cm³/mol. The molecule has 0 bridgehead atoms. The standard InChI is InChI=1S/C20H34N4O.HI/c1-4-21-20(23(3)16-18-8-6-17(2)7-9-18)22-12-5-13-24-14-10-19(25)11-15-24;/h6-9,19,25H,4-5,10-16H2,1-3H3,(H,21,22);1H. The largest absolute Gasteiger partial charge is 0.393 e. The maximum Gasteiger partial charge on any atom is 0.193 e. The second-order valence-corrected chi connectivity index (χ2v) is 7.00. The van der Waals surface area contributed by atoms with Crippen molar-refractivity contribution in [3.63, 3.8) is 0 Å². The van der Waals surface area contributed by atoms with Crippen LogP contribution >= 0.6 is 24.0 Å². The molecule has 6 heteroatoms. The Balaban J connectivity index is 0.00000338. The number of aliphatic imine (C=N–C) groups is 1. The van der Waals surface area contributed by atoms with E-state index in [0.29, 0.717) is 0 Å². The smallest absolute Gasteiger partial charge is 0.193 e. The average Bonchev–Trinajstić information content (AvgIpc) is 2.61. The van der Waals surface area contributed by atoms with Crippen LogP contribution in [-0.2, 0) is 6.54 Å². The molecule has 148 valence electrons. The number of aryl methyl sites for hydroxylation is 1. The number of nitrogens with one attached hydrogen (secondary N) is 1. The Morgan fingerprint density at radius 1 is 1.27 bits per heavy atom. The molecular weight excluding hydrogens is 439 g/mol. The number of hydrogen-bond donors (Lipinski definition) is 2. The molecule has 0 aliphatic carbocycles. The summed E-state index contributed by atoms with van der Waals surface area (Å²) in [5, 5.41) is 13.0. The summed E-state index contributed by atoms with van der Waals surface area (Å²) in [5.74, 6) is 0.970. The summed E-state index contributed by atoms with van der Waals surface area (Å²) in [6.45, 7) is 9.88. The minimum absolute atomic E-state index is 0. The summed E-state index contributed by atoms with van der Waals surface area (Å²) in [6.07, 6.45) is 2.78. The molecule has 0 saturated carbocycles. The van der Waals surface area contributed by atoms with Gasteiger partial charge in [-0.05, 0) is 45.2 Å². The minimum atomic E-state index is -0.0925. The van der Waals surface area contributed by atoms with Crippen LogP contribution in [0.4, 0.5) is 0 Å². The Kier molecular flexibility index (Phi) is 11.2. The number of guanidine groups is 1. The molecule has 0 spiro atoms. The Bertz CT molecular complexity index is 527. The van der Waals surface area contributed by atoms with Crippen LogP contribution in [0, 0.1) is 6.92 Å². The number of nitrogens with zero attached hydrogens (tertiary/aromatic N) is 3. The van der Waals surface area contributed by atoms with Crippen LogP contribution in [0.5, 0.6) is 0 Å². The number of aliphatic hydroxyl groups excluding tert-OH is 1. The van der Waals surface area contributed by atoms with Crippen molar-refractivity contribution in [3.8, 4) is 0 Å². The van der Waals surface area contributed by atoms with Crippen LogP contribution < -0.4 is 5.32 Å². The SMILES string of the molecule is CCNC(=NCCCN1CCC(O)CC1)N(C)Cc1ccc(C)cc1.I. The maximum absolute atomic E-state index is 9.57. The Labute approximate surface area is 175 Å². The monoisotopic (exact) mass is 474 g/mol. The number of halogens is 1. The summed E-state index contributed by atoms with van der Waals surface area (Å²) in [4.78, 5) is 9.40. The van der Waals surface area contributed by atoms with Crippen LogP contribution in [0.2, 0.25) is 0 Å². The molecule has 2 N–H and O–H groups in total. The van der Waals surface area contributed by atoms with E-state index in [0.717, 1.165) is 64.5 Å². The lowest BCUT2D eigenvalue weighted by Crippen LogP contribution is -2.39. The molecule has 0 radical (unpaired) electrons. The first-order valence-corrected chi connectivity index (χ1v) is 9.54. The number of likely N-dealkylation sites (tertiary alicyclic amines) is 1. The van der Waals surface area contributed by atoms with Gasteiger partial charge in [0, 0.05) is 39.8 Å². The maximum atomic E-state index is 9.57. The van der Waals surface area contributed by atoms with Gasteiger partial charge in [0.05, 0.1) is 6.10 Å². The lowest BCUT2D eigenvalue weighted by atomic mass is 10.1. The van der Waals surface area contributed by atoms with Gasteiger partial charge in [0.1, 0.15) is 0 Å². The van der Waals surface area contributed by atoms with Crippen molar-refractivity contribution >= 4 is 29.9 Å².